The topological polar surface area (TPSA) is 98.2 Å². The summed E-state index contributed by atoms with van der Waals surface area (Å²) in [5.41, 5.74) is 13.0. The maximum atomic E-state index is 12.4. The molecule has 5 N–H and O–H groups in total. The van der Waals surface area contributed by atoms with Gasteiger partial charge in [-0.3, -0.25) is 0 Å². The second kappa shape index (κ2) is 3.39. The number of anilines is 4. The van der Waals surface area contributed by atoms with Gasteiger partial charge >= 0.3 is 0 Å². The van der Waals surface area contributed by atoms with Gasteiger partial charge in [-0.25, -0.2) is 8.42 Å². The Balaban J connectivity index is 2.39. The number of fused-ring (bicyclic) bond motifs is 2. The van der Waals surface area contributed by atoms with E-state index in [0.717, 1.165) is 0 Å². The fourth-order valence-corrected chi connectivity index (χ4v) is 3.61. The molecule has 0 aliphatic carbocycles. The molecule has 0 bridgehead atoms. The molecule has 0 spiro atoms. The number of nitrogens with two attached hydrogens (primary N) is 2. The van der Waals surface area contributed by atoms with Crippen molar-refractivity contribution >= 4 is 32.6 Å². The van der Waals surface area contributed by atoms with E-state index in [-0.39, 0.29) is 15.5 Å². The fraction of sp³-hybridized carbons (Fsp3) is 0. The fourth-order valence-electron chi connectivity index (χ4n) is 2.03. The summed E-state index contributed by atoms with van der Waals surface area (Å²) in [4.78, 5) is 0.412. The third-order valence-corrected chi connectivity index (χ3v) is 4.82. The van der Waals surface area contributed by atoms with Crippen molar-refractivity contribution in [3.05, 3.63) is 36.4 Å². The Bertz CT molecular complexity index is 754. The van der Waals surface area contributed by atoms with E-state index in [2.05, 4.69) is 5.32 Å². The van der Waals surface area contributed by atoms with E-state index in [9.17, 15) is 8.42 Å². The smallest absolute Gasteiger partial charge is 0.210 e. The molecule has 1 heterocycles. The molecule has 0 aromatic heterocycles. The molecular formula is C12H11N3O2S. The first-order valence-electron chi connectivity index (χ1n) is 5.31. The lowest BCUT2D eigenvalue weighted by Gasteiger charge is -2.23. The predicted molar refractivity (Wildman–Crippen MR) is 70.4 cm³/mol. The van der Waals surface area contributed by atoms with E-state index >= 15 is 0 Å². The molecule has 2 aromatic rings. The van der Waals surface area contributed by atoms with Crippen molar-refractivity contribution in [3.8, 4) is 0 Å². The highest BCUT2D eigenvalue weighted by Crippen LogP contribution is 2.43. The molecule has 5 nitrogen and oxygen atoms in total. The molecule has 0 fully saturated rings. The summed E-state index contributed by atoms with van der Waals surface area (Å²) in [7, 11) is -3.54. The van der Waals surface area contributed by atoms with Crippen molar-refractivity contribution in [2.24, 2.45) is 0 Å². The van der Waals surface area contributed by atoms with E-state index in [4.69, 9.17) is 11.5 Å². The SMILES string of the molecule is Nc1ccc2c(c1N)Nc1ccccc1S2(=O)=O. The number of hydrogen-bond acceptors (Lipinski definition) is 5. The molecular weight excluding hydrogens is 250 g/mol. The van der Waals surface area contributed by atoms with Crippen LogP contribution in [-0.4, -0.2) is 8.42 Å². The summed E-state index contributed by atoms with van der Waals surface area (Å²) in [6, 6.07) is 9.67. The van der Waals surface area contributed by atoms with Crippen LogP contribution in [0.4, 0.5) is 22.7 Å². The zero-order valence-electron chi connectivity index (χ0n) is 9.34. The van der Waals surface area contributed by atoms with Crippen LogP contribution in [0.15, 0.2) is 46.2 Å². The average molecular weight is 261 g/mol. The normalized spacial score (nSPS) is 15.3. The molecule has 0 atom stereocenters. The van der Waals surface area contributed by atoms with E-state index in [1.807, 2.05) is 0 Å². The molecule has 0 saturated heterocycles. The van der Waals surface area contributed by atoms with Gasteiger partial charge in [0.2, 0.25) is 9.84 Å². The molecule has 6 heteroatoms. The third-order valence-electron chi connectivity index (χ3n) is 2.97. The summed E-state index contributed by atoms with van der Waals surface area (Å²) >= 11 is 0. The van der Waals surface area contributed by atoms with E-state index in [0.29, 0.717) is 17.1 Å². The number of sulfone groups is 1. The van der Waals surface area contributed by atoms with E-state index in [1.165, 1.54) is 12.1 Å². The second-order valence-corrected chi connectivity index (χ2v) is 5.95. The first kappa shape index (κ1) is 10.9. The maximum absolute atomic E-state index is 12.4. The molecule has 18 heavy (non-hydrogen) atoms. The Labute approximate surface area is 104 Å². The van der Waals surface area contributed by atoms with Crippen molar-refractivity contribution in [3.63, 3.8) is 0 Å². The molecule has 0 radical (unpaired) electrons. The average Bonchev–Trinajstić information content (AvgIpc) is 2.34. The van der Waals surface area contributed by atoms with E-state index in [1.54, 1.807) is 24.3 Å². The van der Waals surface area contributed by atoms with Gasteiger partial charge in [0, 0.05) is 0 Å². The van der Waals surface area contributed by atoms with E-state index < -0.39 is 9.84 Å². The van der Waals surface area contributed by atoms with Crippen LogP contribution in [0, 0.1) is 0 Å². The van der Waals surface area contributed by atoms with Gasteiger partial charge in [0.15, 0.2) is 0 Å². The number of para-hydroxylation sites is 1. The number of nitrogens with one attached hydrogen (secondary N) is 1. The lowest BCUT2D eigenvalue weighted by atomic mass is 10.2. The number of nitrogen functional groups attached to an aromatic ring is 2. The van der Waals surface area contributed by atoms with Crippen LogP contribution in [0.5, 0.6) is 0 Å². The van der Waals surface area contributed by atoms with Crippen LogP contribution in [-0.2, 0) is 9.84 Å². The molecule has 0 saturated carbocycles. The molecule has 92 valence electrons. The second-order valence-electron chi connectivity index (χ2n) is 4.07. The van der Waals surface area contributed by atoms with Crippen LogP contribution in [0.3, 0.4) is 0 Å². The summed E-state index contributed by atoms with van der Waals surface area (Å²) in [5, 5.41) is 3.02. The standard InChI is InChI=1S/C12H11N3O2S/c13-7-5-6-10-12(11(7)14)15-8-3-1-2-4-9(8)18(10,16)17/h1-6,15H,13-14H2. The lowest BCUT2D eigenvalue weighted by molar-refractivity contribution is 0.596. The number of rotatable bonds is 0. The Hall–Kier alpha value is -2.21. The van der Waals surface area contributed by atoms with Gasteiger partial charge in [-0.2, -0.15) is 0 Å². The summed E-state index contributed by atoms with van der Waals surface area (Å²) in [6.07, 6.45) is 0. The summed E-state index contributed by atoms with van der Waals surface area (Å²) in [5.74, 6) is 0. The minimum atomic E-state index is -3.54. The highest BCUT2D eigenvalue weighted by molar-refractivity contribution is 7.92. The lowest BCUT2D eigenvalue weighted by Crippen LogP contribution is -2.15. The van der Waals surface area contributed by atoms with Crippen molar-refractivity contribution < 1.29 is 8.42 Å². The van der Waals surface area contributed by atoms with Crippen LogP contribution in [0.25, 0.3) is 0 Å². The van der Waals surface area contributed by atoms with Crippen LogP contribution in [0.2, 0.25) is 0 Å². The van der Waals surface area contributed by atoms with Crippen LogP contribution in [0.1, 0.15) is 0 Å². The number of benzene rings is 2. The largest absolute Gasteiger partial charge is 0.397 e. The maximum Gasteiger partial charge on any atom is 0.210 e. The Morgan fingerprint density at radius 1 is 0.944 bits per heavy atom. The van der Waals surface area contributed by atoms with Crippen molar-refractivity contribution in [2.75, 3.05) is 16.8 Å². The monoisotopic (exact) mass is 261 g/mol. The van der Waals surface area contributed by atoms with Crippen molar-refractivity contribution in [2.45, 2.75) is 9.79 Å². The molecule has 0 amide bonds. The zero-order chi connectivity index (χ0) is 12.9. The van der Waals surface area contributed by atoms with Gasteiger partial charge in [-0.05, 0) is 24.3 Å². The third kappa shape index (κ3) is 1.29. The van der Waals surface area contributed by atoms with Crippen molar-refractivity contribution in [1.82, 2.24) is 0 Å². The minimum absolute atomic E-state index is 0.160. The highest BCUT2D eigenvalue weighted by atomic mass is 32.2. The van der Waals surface area contributed by atoms with Gasteiger partial charge < -0.3 is 16.8 Å². The van der Waals surface area contributed by atoms with Gasteiger partial charge in [0.25, 0.3) is 0 Å². The Morgan fingerprint density at radius 3 is 2.44 bits per heavy atom. The molecule has 0 unspecified atom stereocenters. The highest BCUT2D eigenvalue weighted by Gasteiger charge is 2.30. The first-order chi connectivity index (χ1) is 8.51. The van der Waals surface area contributed by atoms with Gasteiger partial charge in [-0.15, -0.1) is 0 Å². The van der Waals surface area contributed by atoms with Crippen LogP contribution >= 0.6 is 0 Å². The number of hydrogen-bond donors (Lipinski definition) is 3. The van der Waals surface area contributed by atoms with Crippen LogP contribution < -0.4 is 16.8 Å². The Morgan fingerprint density at radius 2 is 1.67 bits per heavy atom. The molecule has 1 aliphatic heterocycles. The van der Waals surface area contributed by atoms with Gasteiger partial charge in [-0.1, -0.05) is 12.1 Å². The first-order valence-corrected chi connectivity index (χ1v) is 6.79. The molecule has 3 rings (SSSR count). The predicted octanol–water partition coefficient (Wildman–Crippen LogP) is 1.74. The Kier molecular flexibility index (Phi) is 2.06. The summed E-state index contributed by atoms with van der Waals surface area (Å²) < 4.78 is 24.8. The molecule has 1 aliphatic rings. The zero-order valence-corrected chi connectivity index (χ0v) is 10.2. The quantitative estimate of drug-likeness (QED) is 0.535. The minimum Gasteiger partial charge on any atom is -0.397 e. The summed E-state index contributed by atoms with van der Waals surface area (Å²) in [6.45, 7) is 0. The van der Waals surface area contributed by atoms with Gasteiger partial charge in [0.1, 0.15) is 0 Å². The van der Waals surface area contributed by atoms with Gasteiger partial charge in [0.05, 0.1) is 32.5 Å². The molecule has 2 aromatic carbocycles. The van der Waals surface area contributed by atoms with Crippen molar-refractivity contribution in [1.29, 1.82) is 0 Å².